The molecule has 5 nitrogen and oxygen atoms in total. The van der Waals surface area contributed by atoms with Crippen molar-refractivity contribution in [1.29, 1.82) is 0 Å². The molecule has 0 aliphatic heterocycles. The maximum Gasteiger partial charge on any atom is 0.350 e. The number of amides is 1. The predicted octanol–water partition coefficient (Wildman–Crippen LogP) is 4.19. The number of aromatic nitrogens is 1. The number of carbonyl (C=O) groups is 2. The first-order valence-electron chi connectivity index (χ1n) is 7.74. The van der Waals surface area contributed by atoms with Crippen LogP contribution >= 0.6 is 11.3 Å². The van der Waals surface area contributed by atoms with Crippen LogP contribution in [0.2, 0.25) is 0 Å². The molecule has 1 aromatic carbocycles. The van der Waals surface area contributed by atoms with Crippen molar-refractivity contribution in [2.45, 2.75) is 13.8 Å². The molecule has 0 atom stereocenters. The van der Waals surface area contributed by atoms with Crippen LogP contribution in [0.5, 0.6) is 0 Å². The van der Waals surface area contributed by atoms with E-state index in [4.69, 9.17) is 4.74 Å². The summed E-state index contributed by atoms with van der Waals surface area (Å²) in [5.41, 5.74) is 4.25. The summed E-state index contributed by atoms with van der Waals surface area (Å²) in [5, 5.41) is 4.50. The molecule has 25 heavy (non-hydrogen) atoms. The lowest BCUT2D eigenvalue weighted by atomic mass is 10.2. The molecule has 0 radical (unpaired) electrons. The van der Waals surface area contributed by atoms with E-state index < -0.39 is 5.97 Å². The Hall–Kier alpha value is -2.86. The highest BCUT2D eigenvalue weighted by Crippen LogP contribution is 2.24. The first-order chi connectivity index (χ1) is 12.0. The van der Waals surface area contributed by atoms with Crippen molar-refractivity contribution in [2.75, 3.05) is 12.4 Å². The van der Waals surface area contributed by atoms with E-state index in [1.165, 1.54) is 18.4 Å². The standard InChI is InChI=1S/C19H18N2O3S/c1-12-4-5-13(2)21(12)15-8-6-14(7-9-15)18(22)20-16-10-11-25-17(16)19(23)24-3/h4-11H,1-3H3,(H,20,22). The van der Waals surface area contributed by atoms with Crippen molar-refractivity contribution < 1.29 is 14.3 Å². The molecular weight excluding hydrogens is 336 g/mol. The number of esters is 1. The highest BCUT2D eigenvalue weighted by atomic mass is 32.1. The van der Waals surface area contributed by atoms with Crippen LogP contribution in [-0.2, 0) is 4.74 Å². The SMILES string of the molecule is COC(=O)c1sccc1NC(=O)c1ccc(-n2c(C)ccc2C)cc1. The van der Waals surface area contributed by atoms with Gasteiger partial charge in [-0.15, -0.1) is 11.3 Å². The Kier molecular flexibility index (Phi) is 4.72. The van der Waals surface area contributed by atoms with Gasteiger partial charge in [0.05, 0.1) is 12.8 Å². The minimum Gasteiger partial charge on any atom is -0.465 e. The van der Waals surface area contributed by atoms with Crippen LogP contribution < -0.4 is 5.32 Å². The van der Waals surface area contributed by atoms with Crippen molar-refractivity contribution >= 4 is 28.9 Å². The molecule has 0 saturated carbocycles. The lowest BCUT2D eigenvalue weighted by molar-refractivity contribution is 0.0607. The fourth-order valence-electron chi connectivity index (χ4n) is 2.69. The smallest absolute Gasteiger partial charge is 0.350 e. The minimum atomic E-state index is -0.459. The van der Waals surface area contributed by atoms with Crippen molar-refractivity contribution in [3.63, 3.8) is 0 Å². The monoisotopic (exact) mass is 354 g/mol. The van der Waals surface area contributed by atoms with Crippen LogP contribution in [0.3, 0.4) is 0 Å². The highest BCUT2D eigenvalue weighted by molar-refractivity contribution is 7.12. The van der Waals surface area contributed by atoms with Gasteiger partial charge >= 0.3 is 5.97 Å². The van der Waals surface area contributed by atoms with E-state index in [1.807, 2.05) is 26.0 Å². The van der Waals surface area contributed by atoms with Crippen LogP contribution in [0, 0.1) is 13.8 Å². The highest BCUT2D eigenvalue weighted by Gasteiger charge is 2.16. The molecule has 0 aliphatic carbocycles. The quantitative estimate of drug-likeness (QED) is 0.715. The van der Waals surface area contributed by atoms with Gasteiger partial charge in [-0.2, -0.15) is 0 Å². The van der Waals surface area contributed by atoms with E-state index in [0.717, 1.165) is 17.1 Å². The van der Waals surface area contributed by atoms with Gasteiger partial charge in [0.15, 0.2) is 0 Å². The van der Waals surface area contributed by atoms with Crippen molar-refractivity contribution in [2.24, 2.45) is 0 Å². The van der Waals surface area contributed by atoms with Gasteiger partial charge in [-0.05, 0) is 61.7 Å². The first kappa shape index (κ1) is 17.0. The number of methoxy groups -OCH3 is 1. The molecule has 0 aliphatic rings. The van der Waals surface area contributed by atoms with E-state index >= 15 is 0 Å². The predicted molar refractivity (Wildman–Crippen MR) is 98.9 cm³/mol. The summed E-state index contributed by atoms with van der Waals surface area (Å²) in [4.78, 5) is 24.5. The Labute approximate surface area is 149 Å². The van der Waals surface area contributed by atoms with Gasteiger partial charge in [0.2, 0.25) is 0 Å². The molecule has 0 unspecified atom stereocenters. The van der Waals surface area contributed by atoms with E-state index in [-0.39, 0.29) is 5.91 Å². The molecule has 1 amide bonds. The van der Waals surface area contributed by atoms with Gasteiger partial charge in [0.25, 0.3) is 5.91 Å². The lowest BCUT2D eigenvalue weighted by Crippen LogP contribution is -2.14. The summed E-state index contributed by atoms with van der Waals surface area (Å²) in [6.45, 7) is 4.08. The zero-order chi connectivity index (χ0) is 18.0. The molecular formula is C19H18N2O3S. The van der Waals surface area contributed by atoms with Gasteiger partial charge in [0.1, 0.15) is 4.88 Å². The topological polar surface area (TPSA) is 60.3 Å². The maximum absolute atomic E-state index is 12.4. The van der Waals surface area contributed by atoms with E-state index in [0.29, 0.717) is 16.1 Å². The fourth-order valence-corrected chi connectivity index (χ4v) is 3.46. The second-order valence-corrected chi connectivity index (χ2v) is 6.52. The molecule has 0 fully saturated rings. The number of benzene rings is 1. The Morgan fingerprint density at radius 3 is 2.24 bits per heavy atom. The van der Waals surface area contributed by atoms with E-state index in [2.05, 4.69) is 22.0 Å². The van der Waals surface area contributed by atoms with Crippen LogP contribution in [0.25, 0.3) is 5.69 Å². The number of thiophene rings is 1. The van der Waals surface area contributed by atoms with Gasteiger partial charge in [-0.3, -0.25) is 4.79 Å². The summed E-state index contributed by atoms with van der Waals surface area (Å²) < 4.78 is 6.84. The maximum atomic E-state index is 12.4. The Balaban J connectivity index is 1.80. The van der Waals surface area contributed by atoms with Crippen molar-refractivity contribution in [3.8, 4) is 5.69 Å². The van der Waals surface area contributed by atoms with Crippen LogP contribution in [-0.4, -0.2) is 23.6 Å². The average Bonchev–Trinajstić information content (AvgIpc) is 3.21. The lowest BCUT2D eigenvalue weighted by Gasteiger charge is -2.10. The van der Waals surface area contributed by atoms with E-state index in [9.17, 15) is 9.59 Å². The normalized spacial score (nSPS) is 10.5. The second kappa shape index (κ2) is 6.94. The minimum absolute atomic E-state index is 0.268. The fraction of sp³-hybridized carbons (Fsp3) is 0.158. The van der Waals surface area contributed by atoms with Crippen LogP contribution in [0.1, 0.15) is 31.4 Å². The molecule has 0 spiro atoms. The molecule has 2 heterocycles. The molecule has 1 N–H and O–H groups in total. The zero-order valence-corrected chi connectivity index (χ0v) is 15.0. The van der Waals surface area contributed by atoms with Gasteiger partial charge in [0, 0.05) is 22.6 Å². The number of hydrogen-bond acceptors (Lipinski definition) is 4. The second-order valence-electron chi connectivity index (χ2n) is 5.61. The number of anilines is 1. The number of rotatable bonds is 4. The Bertz CT molecular complexity index is 903. The van der Waals surface area contributed by atoms with Crippen molar-refractivity contribution in [1.82, 2.24) is 4.57 Å². The first-order valence-corrected chi connectivity index (χ1v) is 8.61. The van der Waals surface area contributed by atoms with Crippen molar-refractivity contribution in [3.05, 3.63) is 69.7 Å². The zero-order valence-electron chi connectivity index (χ0n) is 14.2. The number of carbonyl (C=O) groups excluding carboxylic acids is 2. The number of ether oxygens (including phenoxy) is 1. The molecule has 6 heteroatoms. The number of nitrogens with one attached hydrogen (secondary N) is 1. The molecule has 128 valence electrons. The third-order valence-electron chi connectivity index (χ3n) is 3.94. The molecule has 3 aromatic rings. The summed E-state index contributed by atoms with van der Waals surface area (Å²) in [5.74, 6) is -0.727. The third-order valence-corrected chi connectivity index (χ3v) is 4.84. The van der Waals surface area contributed by atoms with Crippen LogP contribution in [0.4, 0.5) is 5.69 Å². The summed E-state index contributed by atoms with van der Waals surface area (Å²) in [7, 11) is 1.32. The van der Waals surface area contributed by atoms with Gasteiger partial charge < -0.3 is 14.6 Å². The molecule has 0 bridgehead atoms. The summed E-state index contributed by atoms with van der Waals surface area (Å²) in [6, 6.07) is 13.2. The molecule has 2 aromatic heterocycles. The Morgan fingerprint density at radius 2 is 1.64 bits per heavy atom. The average molecular weight is 354 g/mol. The van der Waals surface area contributed by atoms with Crippen LogP contribution in [0.15, 0.2) is 47.8 Å². The number of nitrogens with zero attached hydrogens (tertiary/aromatic N) is 1. The third kappa shape index (κ3) is 3.34. The number of aryl methyl sites for hydroxylation is 2. The van der Waals surface area contributed by atoms with Gasteiger partial charge in [-0.25, -0.2) is 4.79 Å². The Morgan fingerprint density at radius 1 is 1.00 bits per heavy atom. The largest absolute Gasteiger partial charge is 0.465 e. The number of hydrogen-bond donors (Lipinski definition) is 1. The summed E-state index contributed by atoms with van der Waals surface area (Å²) in [6.07, 6.45) is 0. The summed E-state index contributed by atoms with van der Waals surface area (Å²) >= 11 is 1.23. The van der Waals surface area contributed by atoms with E-state index in [1.54, 1.807) is 23.6 Å². The molecule has 0 saturated heterocycles. The van der Waals surface area contributed by atoms with Gasteiger partial charge in [-0.1, -0.05) is 0 Å². The molecule has 3 rings (SSSR count).